The van der Waals surface area contributed by atoms with E-state index >= 15 is 0 Å². The molecule has 0 saturated carbocycles. The predicted molar refractivity (Wildman–Crippen MR) is 134 cm³/mol. The molecule has 0 atom stereocenters. The second-order valence-corrected chi connectivity index (χ2v) is 8.68. The van der Waals surface area contributed by atoms with Crippen LogP contribution in [0.3, 0.4) is 0 Å². The number of hydrogen-bond acceptors (Lipinski definition) is 6. The minimum Gasteiger partial charge on any atom is -0.422 e. The van der Waals surface area contributed by atoms with Crippen LogP contribution in [0.1, 0.15) is 10.6 Å². The highest BCUT2D eigenvalue weighted by molar-refractivity contribution is 7.11. The summed E-state index contributed by atoms with van der Waals surface area (Å²) in [7, 11) is 0. The fourth-order valence-electron chi connectivity index (χ4n) is 3.63. The molecule has 33 heavy (non-hydrogen) atoms. The Labute approximate surface area is 198 Å². The van der Waals surface area contributed by atoms with Gasteiger partial charge in [-0.1, -0.05) is 48.0 Å². The van der Waals surface area contributed by atoms with E-state index in [2.05, 4.69) is 16.4 Å². The molecule has 2 aromatic heterocycles. The van der Waals surface area contributed by atoms with Crippen molar-refractivity contribution in [3.8, 4) is 17.3 Å². The summed E-state index contributed by atoms with van der Waals surface area (Å²) in [6.07, 6.45) is 1.59. The summed E-state index contributed by atoms with van der Waals surface area (Å²) >= 11 is 7.46. The first-order valence-corrected chi connectivity index (χ1v) is 11.3. The zero-order valence-electron chi connectivity index (χ0n) is 17.4. The normalized spacial score (nSPS) is 11.6. The molecule has 0 aliphatic carbocycles. The number of anilines is 1. The Hall–Kier alpha value is -3.92. The highest BCUT2D eigenvalue weighted by atomic mass is 35.5. The Morgan fingerprint density at radius 2 is 2.00 bits per heavy atom. The summed E-state index contributed by atoms with van der Waals surface area (Å²) in [6, 6.07) is 21.2. The van der Waals surface area contributed by atoms with E-state index in [0.29, 0.717) is 32.4 Å². The van der Waals surface area contributed by atoms with Crippen LogP contribution in [0.4, 0.5) is 5.69 Å². The molecule has 0 amide bonds. The second-order valence-electron chi connectivity index (χ2n) is 7.41. The van der Waals surface area contributed by atoms with Gasteiger partial charge in [0.25, 0.3) is 0 Å². The van der Waals surface area contributed by atoms with Crippen molar-refractivity contribution in [2.75, 3.05) is 5.32 Å². The van der Waals surface area contributed by atoms with Gasteiger partial charge in [-0.05, 0) is 47.5 Å². The van der Waals surface area contributed by atoms with Crippen molar-refractivity contribution in [1.82, 2.24) is 4.98 Å². The zero-order valence-corrected chi connectivity index (χ0v) is 19.0. The van der Waals surface area contributed by atoms with Crippen LogP contribution in [0, 0.1) is 18.3 Å². The molecule has 0 fully saturated rings. The number of nitrogens with one attached hydrogen (secondary N) is 1. The predicted octanol–water partition coefficient (Wildman–Crippen LogP) is 7.01. The van der Waals surface area contributed by atoms with Gasteiger partial charge < -0.3 is 9.73 Å². The number of hydrogen-bond donors (Lipinski definition) is 1. The molecule has 5 rings (SSSR count). The van der Waals surface area contributed by atoms with E-state index in [-0.39, 0.29) is 0 Å². The molecule has 7 heteroatoms. The molecular formula is C26H16ClN3O2S. The first-order chi connectivity index (χ1) is 16.0. The summed E-state index contributed by atoms with van der Waals surface area (Å²) in [6.45, 7) is 1.90. The first-order valence-electron chi connectivity index (χ1n) is 10.1. The van der Waals surface area contributed by atoms with Crippen molar-refractivity contribution >= 4 is 55.9 Å². The standard InChI is InChI=1S/C26H16ClN3O2S/c1-15-21(27)7-4-8-22(15)29-13-17(12-28)25-30-23(14-33-25)20-11-19-18-6-3-2-5-16(18)9-10-24(19)32-26(20)31/h2-11,13-14,29H,1H3/b17-13-. The third-order valence-corrected chi connectivity index (χ3v) is 6.70. The van der Waals surface area contributed by atoms with Crippen molar-refractivity contribution < 1.29 is 4.42 Å². The Bertz CT molecular complexity index is 1660. The van der Waals surface area contributed by atoms with E-state index in [0.717, 1.165) is 27.4 Å². The van der Waals surface area contributed by atoms with Gasteiger partial charge in [0.05, 0.1) is 11.3 Å². The Morgan fingerprint density at radius 3 is 2.85 bits per heavy atom. The van der Waals surface area contributed by atoms with Gasteiger partial charge in [-0.25, -0.2) is 9.78 Å². The number of thiazole rings is 1. The highest BCUT2D eigenvalue weighted by Gasteiger charge is 2.15. The summed E-state index contributed by atoms with van der Waals surface area (Å²) in [5.74, 6) is 0. The lowest BCUT2D eigenvalue weighted by Gasteiger charge is -2.07. The lowest BCUT2D eigenvalue weighted by atomic mass is 10.0. The van der Waals surface area contributed by atoms with Crippen molar-refractivity contribution in [3.63, 3.8) is 0 Å². The molecule has 0 aliphatic heterocycles. The number of rotatable bonds is 4. The maximum atomic E-state index is 12.7. The lowest BCUT2D eigenvalue weighted by molar-refractivity contribution is 0.563. The Balaban J connectivity index is 1.54. The van der Waals surface area contributed by atoms with E-state index in [1.54, 1.807) is 17.6 Å². The molecular weight excluding hydrogens is 454 g/mol. The number of fused-ring (bicyclic) bond motifs is 3. The zero-order chi connectivity index (χ0) is 22.9. The quantitative estimate of drug-likeness (QED) is 0.174. The van der Waals surface area contributed by atoms with Gasteiger partial charge in [-0.3, -0.25) is 0 Å². The molecule has 3 aromatic carbocycles. The minimum atomic E-state index is -0.468. The van der Waals surface area contributed by atoms with Crippen LogP contribution in [0.2, 0.25) is 5.02 Å². The van der Waals surface area contributed by atoms with Crippen molar-refractivity contribution in [2.24, 2.45) is 0 Å². The minimum absolute atomic E-state index is 0.348. The topological polar surface area (TPSA) is 78.9 Å². The van der Waals surface area contributed by atoms with Crippen LogP contribution in [-0.2, 0) is 0 Å². The van der Waals surface area contributed by atoms with Crippen LogP contribution < -0.4 is 10.9 Å². The van der Waals surface area contributed by atoms with Crippen molar-refractivity contribution in [3.05, 3.63) is 98.3 Å². The van der Waals surface area contributed by atoms with Crippen molar-refractivity contribution in [2.45, 2.75) is 6.92 Å². The first kappa shape index (κ1) is 21.0. The molecule has 0 saturated heterocycles. The number of halogens is 1. The molecule has 0 bridgehead atoms. The van der Waals surface area contributed by atoms with Crippen LogP contribution in [0.5, 0.6) is 0 Å². The monoisotopic (exact) mass is 469 g/mol. The van der Waals surface area contributed by atoms with Gasteiger partial charge in [0.15, 0.2) is 0 Å². The van der Waals surface area contributed by atoms with Gasteiger partial charge in [-0.15, -0.1) is 11.3 Å². The molecule has 2 heterocycles. The van der Waals surface area contributed by atoms with Crippen LogP contribution in [-0.4, -0.2) is 4.98 Å². The SMILES string of the molecule is Cc1c(Cl)cccc1N/C=C(/C#N)c1nc(-c2cc3c(ccc4ccccc43)oc2=O)cs1. The number of nitriles is 1. The maximum Gasteiger partial charge on any atom is 0.345 e. The van der Waals surface area contributed by atoms with E-state index in [9.17, 15) is 10.1 Å². The van der Waals surface area contributed by atoms with Gasteiger partial charge in [-0.2, -0.15) is 5.26 Å². The second kappa shape index (κ2) is 8.55. The average molecular weight is 470 g/mol. The van der Waals surface area contributed by atoms with Gasteiger partial charge in [0.2, 0.25) is 0 Å². The van der Waals surface area contributed by atoms with Gasteiger partial charge in [0, 0.05) is 27.7 Å². The molecule has 160 valence electrons. The Morgan fingerprint density at radius 1 is 1.15 bits per heavy atom. The largest absolute Gasteiger partial charge is 0.422 e. The molecule has 5 nitrogen and oxygen atoms in total. The third-order valence-electron chi connectivity index (χ3n) is 5.41. The van der Waals surface area contributed by atoms with E-state index in [4.69, 9.17) is 16.0 Å². The molecule has 0 spiro atoms. The van der Waals surface area contributed by atoms with Crippen LogP contribution in [0.25, 0.3) is 38.6 Å². The molecule has 0 unspecified atom stereocenters. The number of benzene rings is 3. The van der Waals surface area contributed by atoms with Crippen molar-refractivity contribution in [1.29, 1.82) is 5.26 Å². The maximum absolute atomic E-state index is 12.7. The number of aromatic nitrogens is 1. The van der Waals surface area contributed by atoms with Crippen LogP contribution in [0.15, 0.2) is 81.5 Å². The average Bonchev–Trinajstić information content (AvgIpc) is 3.31. The third kappa shape index (κ3) is 3.89. The molecule has 0 radical (unpaired) electrons. The molecule has 0 aliphatic rings. The smallest absolute Gasteiger partial charge is 0.345 e. The summed E-state index contributed by atoms with van der Waals surface area (Å²) in [4.78, 5) is 17.2. The van der Waals surface area contributed by atoms with E-state index < -0.39 is 5.63 Å². The Kier molecular flexibility index (Phi) is 5.43. The molecule has 1 N–H and O–H groups in total. The van der Waals surface area contributed by atoms with Gasteiger partial charge in [0.1, 0.15) is 22.2 Å². The fraction of sp³-hybridized carbons (Fsp3) is 0.0385. The highest BCUT2D eigenvalue weighted by Crippen LogP contribution is 2.30. The fourth-order valence-corrected chi connectivity index (χ4v) is 4.59. The van der Waals surface area contributed by atoms with E-state index in [1.165, 1.54) is 11.3 Å². The summed E-state index contributed by atoms with van der Waals surface area (Å²) in [5.41, 5.74) is 2.92. The molecule has 5 aromatic rings. The number of nitrogens with zero attached hydrogens (tertiary/aromatic N) is 2. The lowest BCUT2D eigenvalue weighted by Crippen LogP contribution is -2.03. The van der Waals surface area contributed by atoms with Gasteiger partial charge >= 0.3 is 5.63 Å². The summed E-state index contributed by atoms with van der Waals surface area (Å²) in [5, 5.41) is 18.6. The summed E-state index contributed by atoms with van der Waals surface area (Å²) < 4.78 is 5.59. The number of allylic oxidation sites excluding steroid dienone is 1. The van der Waals surface area contributed by atoms with Crippen LogP contribution >= 0.6 is 22.9 Å². The van der Waals surface area contributed by atoms with E-state index in [1.807, 2.05) is 61.5 Å².